The van der Waals surface area contributed by atoms with Gasteiger partial charge < -0.3 is 5.32 Å². The van der Waals surface area contributed by atoms with Gasteiger partial charge in [0.05, 0.1) is 5.69 Å². The van der Waals surface area contributed by atoms with E-state index in [2.05, 4.69) is 22.4 Å². The van der Waals surface area contributed by atoms with E-state index in [1.165, 1.54) is 5.56 Å². The number of hydrogen-bond acceptors (Lipinski definition) is 3. The number of anilines is 1. The van der Waals surface area contributed by atoms with Crippen molar-refractivity contribution in [3.63, 3.8) is 0 Å². The summed E-state index contributed by atoms with van der Waals surface area (Å²) in [6.45, 7) is 0. The summed E-state index contributed by atoms with van der Waals surface area (Å²) < 4.78 is 0. The van der Waals surface area contributed by atoms with Gasteiger partial charge in [-0.15, -0.1) is 0 Å². The Morgan fingerprint density at radius 3 is 2.83 bits per heavy atom. The molecule has 2 aromatic rings. The Labute approximate surface area is 117 Å². The Morgan fingerprint density at radius 2 is 2.06 bits per heavy atom. The predicted molar refractivity (Wildman–Crippen MR) is 80.2 cm³/mol. The van der Waals surface area contributed by atoms with Crippen LogP contribution >= 0.6 is 23.4 Å². The van der Waals surface area contributed by atoms with Crippen LogP contribution in [0.2, 0.25) is 5.02 Å². The first-order chi connectivity index (χ1) is 8.79. The number of nitrogens with one attached hydrogen (secondary N) is 1. The van der Waals surface area contributed by atoms with Crippen LogP contribution in [0.1, 0.15) is 11.3 Å². The molecule has 0 atom stereocenters. The Kier molecular flexibility index (Phi) is 4.90. The maximum Gasteiger partial charge on any atom is 0.0523 e. The SMILES string of the molecule is CNc1ccnc(CSCc2ccccc2Cl)c1. The molecule has 0 spiro atoms. The Balaban J connectivity index is 1.90. The number of thioether (sulfide) groups is 1. The second-order valence-corrected chi connectivity index (χ2v) is 5.26. The first kappa shape index (κ1) is 13.2. The maximum absolute atomic E-state index is 6.11. The fraction of sp³-hybridized carbons (Fsp3) is 0.214. The van der Waals surface area contributed by atoms with E-state index in [0.29, 0.717) is 0 Å². The van der Waals surface area contributed by atoms with Crippen molar-refractivity contribution in [2.75, 3.05) is 12.4 Å². The molecule has 2 rings (SSSR count). The molecule has 4 heteroatoms. The molecule has 0 aliphatic rings. The van der Waals surface area contributed by atoms with Crippen molar-refractivity contribution < 1.29 is 0 Å². The first-order valence-electron chi connectivity index (χ1n) is 5.73. The Hall–Kier alpha value is -1.19. The van der Waals surface area contributed by atoms with Crippen LogP contribution in [0.3, 0.4) is 0 Å². The fourth-order valence-electron chi connectivity index (χ4n) is 1.59. The van der Waals surface area contributed by atoms with Crippen LogP contribution in [0, 0.1) is 0 Å². The van der Waals surface area contributed by atoms with Crippen LogP contribution in [0.5, 0.6) is 0 Å². The highest BCUT2D eigenvalue weighted by Crippen LogP contribution is 2.23. The lowest BCUT2D eigenvalue weighted by molar-refractivity contribution is 1.17. The largest absolute Gasteiger partial charge is 0.388 e. The lowest BCUT2D eigenvalue weighted by Crippen LogP contribution is -1.92. The molecule has 0 amide bonds. The van der Waals surface area contributed by atoms with E-state index in [4.69, 9.17) is 11.6 Å². The number of rotatable bonds is 5. The van der Waals surface area contributed by atoms with Gasteiger partial charge in [0, 0.05) is 35.5 Å². The highest BCUT2D eigenvalue weighted by Gasteiger charge is 2.01. The van der Waals surface area contributed by atoms with Gasteiger partial charge >= 0.3 is 0 Å². The van der Waals surface area contributed by atoms with Crippen molar-refractivity contribution in [2.45, 2.75) is 11.5 Å². The van der Waals surface area contributed by atoms with Crippen molar-refractivity contribution in [3.8, 4) is 0 Å². The van der Waals surface area contributed by atoms with Crippen LogP contribution < -0.4 is 5.32 Å². The van der Waals surface area contributed by atoms with Crippen molar-refractivity contribution >= 4 is 29.1 Å². The zero-order valence-electron chi connectivity index (χ0n) is 10.2. The van der Waals surface area contributed by atoms with Gasteiger partial charge in [-0.05, 0) is 23.8 Å². The highest BCUT2D eigenvalue weighted by molar-refractivity contribution is 7.97. The van der Waals surface area contributed by atoms with Gasteiger partial charge in [0.25, 0.3) is 0 Å². The molecular formula is C14H15ClN2S. The lowest BCUT2D eigenvalue weighted by atomic mass is 10.2. The average molecular weight is 279 g/mol. The summed E-state index contributed by atoms with van der Waals surface area (Å²) in [7, 11) is 1.91. The average Bonchev–Trinajstić information content (AvgIpc) is 2.41. The Bertz CT molecular complexity index is 517. The first-order valence-corrected chi connectivity index (χ1v) is 7.26. The molecule has 1 N–H and O–H groups in total. The fourth-order valence-corrected chi connectivity index (χ4v) is 2.82. The molecule has 0 radical (unpaired) electrons. The minimum Gasteiger partial charge on any atom is -0.388 e. The minimum atomic E-state index is 0.835. The highest BCUT2D eigenvalue weighted by atomic mass is 35.5. The number of aromatic nitrogens is 1. The molecule has 1 heterocycles. The molecule has 0 bridgehead atoms. The quantitative estimate of drug-likeness (QED) is 0.887. The standard InChI is InChI=1S/C14H15ClN2S/c1-16-12-6-7-17-13(8-12)10-18-9-11-4-2-3-5-14(11)15/h2-8H,9-10H2,1H3,(H,16,17). The summed E-state index contributed by atoms with van der Waals surface area (Å²) in [6, 6.07) is 12.0. The summed E-state index contributed by atoms with van der Waals surface area (Å²) in [5.74, 6) is 1.80. The number of pyridine rings is 1. The summed E-state index contributed by atoms with van der Waals surface area (Å²) in [5, 5.41) is 3.95. The zero-order chi connectivity index (χ0) is 12.8. The van der Waals surface area contributed by atoms with Gasteiger partial charge in [-0.2, -0.15) is 11.8 Å². The van der Waals surface area contributed by atoms with Crippen molar-refractivity contribution in [3.05, 3.63) is 58.9 Å². The van der Waals surface area contributed by atoms with E-state index < -0.39 is 0 Å². The number of nitrogens with zero attached hydrogens (tertiary/aromatic N) is 1. The molecule has 0 unspecified atom stereocenters. The monoisotopic (exact) mass is 278 g/mol. The van der Waals surface area contributed by atoms with Gasteiger partial charge in [-0.25, -0.2) is 0 Å². The lowest BCUT2D eigenvalue weighted by Gasteiger charge is -2.05. The molecular weight excluding hydrogens is 264 g/mol. The second-order valence-electron chi connectivity index (χ2n) is 3.87. The Morgan fingerprint density at radius 1 is 1.22 bits per heavy atom. The smallest absolute Gasteiger partial charge is 0.0523 e. The molecule has 0 fully saturated rings. The van der Waals surface area contributed by atoms with Crippen LogP contribution in [0.4, 0.5) is 5.69 Å². The number of benzene rings is 1. The molecule has 0 aliphatic heterocycles. The molecule has 0 saturated heterocycles. The maximum atomic E-state index is 6.11. The molecule has 18 heavy (non-hydrogen) atoms. The van der Waals surface area contributed by atoms with E-state index in [-0.39, 0.29) is 0 Å². The van der Waals surface area contributed by atoms with Crippen LogP contribution in [0.25, 0.3) is 0 Å². The number of halogens is 1. The van der Waals surface area contributed by atoms with Crippen molar-refractivity contribution in [1.82, 2.24) is 4.98 Å². The molecule has 1 aromatic heterocycles. The zero-order valence-corrected chi connectivity index (χ0v) is 11.8. The van der Waals surface area contributed by atoms with E-state index in [0.717, 1.165) is 27.9 Å². The molecule has 94 valence electrons. The summed E-state index contributed by atoms with van der Waals surface area (Å²) in [4.78, 5) is 4.35. The van der Waals surface area contributed by atoms with Gasteiger partial charge in [0.2, 0.25) is 0 Å². The van der Waals surface area contributed by atoms with E-state index in [9.17, 15) is 0 Å². The normalized spacial score (nSPS) is 10.3. The third kappa shape index (κ3) is 3.65. The summed E-state index contributed by atoms with van der Waals surface area (Å²) in [5.41, 5.74) is 3.35. The summed E-state index contributed by atoms with van der Waals surface area (Å²) in [6.07, 6.45) is 1.83. The van der Waals surface area contributed by atoms with E-state index >= 15 is 0 Å². The van der Waals surface area contributed by atoms with Gasteiger partial charge in [0.15, 0.2) is 0 Å². The molecule has 0 saturated carbocycles. The second kappa shape index (κ2) is 6.66. The predicted octanol–water partition coefficient (Wildman–Crippen LogP) is 4.21. The van der Waals surface area contributed by atoms with Gasteiger partial charge in [-0.3, -0.25) is 4.98 Å². The summed E-state index contributed by atoms with van der Waals surface area (Å²) >= 11 is 7.93. The third-order valence-corrected chi connectivity index (χ3v) is 3.95. The van der Waals surface area contributed by atoms with E-state index in [1.807, 2.05) is 49.3 Å². The van der Waals surface area contributed by atoms with Crippen molar-refractivity contribution in [1.29, 1.82) is 0 Å². The minimum absolute atomic E-state index is 0.835. The van der Waals surface area contributed by atoms with Crippen molar-refractivity contribution in [2.24, 2.45) is 0 Å². The van der Waals surface area contributed by atoms with Gasteiger partial charge in [-0.1, -0.05) is 29.8 Å². The third-order valence-electron chi connectivity index (χ3n) is 2.57. The molecule has 0 aliphatic carbocycles. The van der Waals surface area contributed by atoms with Crippen LogP contribution in [-0.4, -0.2) is 12.0 Å². The van der Waals surface area contributed by atoms with Gasteiger partial charge in [0.1, 0.15) is 0 Å². The topological polar surface area (TPSA) is 24.9 Å². The van der Waals surface area contributed by atoms with E-state index in [1.54, 1.807) is 0 Å². The number of hydrogen-bond donors (Lipinski definition) is 1. The molecule has 1 aromatic carbocycles. The van der Waals surface area contributed by atoms with Crippen LogP contribution in [0.15, 0.2) is 42.6 Å². The molecule has 2 nitrogen and oxygen atoms in total. The van der Waals surface area contributed by atoms with Crippen LogP contribution in [-0.2, 0) is 11.5 Å².